The van der Waals surface area contributed by atoms with E-state index in [0.29, 0.717) is 41.0 Å². The SMILES string of the molecule is CCCCCCCCOc1ccc(Cl)cc1/C=C1\C(=O)NC(=O)N(c2ccc(OCC)cc2)C1=O. The number of nitrogens with zero attached hydrogens (tertiary/aromatic N) is 1. The van der Waals surface area contributed by atoms with Gasteiger partial charge in [-0.15, -0.1) is 0 Å². The molecular formula is C27H31ClN2O5. The number of rotatable bonds is 12. The Hall–Kier alpha value is -3.32. The Labute approximate surface area is 211 Å². The van der Waals surface area contributed by atoms with E-state index in [2.05, 4.69) is 12.2 Å². The molecule has 1 fully saturated rings. The van der Waals surface area contributed by atoms with Crippen molar-refractivity contribution in [3.8, 4) is 11.5 Å². The lowest BCUT2D eigenvalue weighted by Crippen LogP contribution is -2.54. The molecule has 0 spiro atoms. The number of anilines is 1. The molecule has 2 aromatic rings. The average Bonchev–Trinajstić information content (AvgIpc) is 2.83. The number of barbiturate groups is 1. The zero-order chi connectivity index (χ0) is 25.2. The average molecular weight is 499 g/mol. The monoisotopic (exact) mass is 498 g/mol. The van der Waals surface area contributed by atoms with Crippen LogP contribution in [0.1, 0.15) is 57.9 Å². The Morgan fingerprint density at radius 1 is 0.914 bits per heavy atom. The van der Waals surface area contributed by atoms with Crippen LogP contribution in [0.3, 0.4) is 0 Å². The molecule has 0 bridgehead atoms. The fourth-order valence-corrected chi connectivity index (χ4v) is 3.91. The quantitative estimate of drug-likeness (QED) is 0.216. The van der Waals surface area contributed by atoms with E-state index in [1.807, 2.05) is 6.92 Å². The number of nitrogens with one attached hydrogen (secondary N) is 1. The molecule has 2 aromatic carbocycles. The lowest BCUT2D eigenvalue weighted by Gasteiger charge is -2.26. The Morgan fingerprint density at radius 2 is 1.63 bits per heavy atom. The van der Waals surface area contributed by atoms with Crippen LogP contribution in [0, 0.1) is 0 Å². The van der Waals surface area contributed by atoms with Crippen molar-refractivity contribution < 1.29 is 23.9 Å². The van der Waals surface area contributed by atoms with Gasteiger partial charge in [0.25, 0.3) is 11.8 Å². The summed E-state index contributed by atoms with van der Waals surface area (Å²) < 4.78 is 11.4. The van der Waals surface area contributed by atoms with Crippen molar-refractivity contribution in [2.75, 3.05) is 18.1 Å². The molecule has 1 aliphatic heterocycles. The van der Waals surface area contributed by atoms with Crippen molar-refractivity contribution in [3.05, 3.63) is 58.6 Å². The van der Waals surface area contributed by atoms with Crippen LogP contribution in [-0.4, -0.2) is 31.1 Å². The summed E-state index contributed by atoms with van der Waals surface area (Å²) in [5.41, 5.74) is 0.619. The van der Waals surface area contributed by atoms with E-state index in [1.165, 1.54) is 31.8 Å². The Bertz CT molecular complexity index is 1080. The first-order valence-corrected chi connectivity index (χ1v) is 12.4. The van der Waals surface area contributed by atoms with Crippen LogP contribution >= 0.6 is 11.6 Å². The van der Waals surface area contributed by atoms with E-state index in [-0.39, 0.29) is 5.57 Å². The zero-order valence-electron chi connectivity index (χ0n) is 20.1. The Morgan fingerprint density at radius 3 is 2.34 bits per heavy atom. The van der Waals surface area contributed by atoms with Crippen molar-refractivity contribution in [1.29, 1.82) is 0 Å². The number of urea groups is 1. The van der Waals surface area contributed by atoms with Crippen LogP contribution in [0.4, 0.5) is 10.5 Å². The van der Waals surface area contributed by atoms with Crippen molar-refractivity contribution >= 4 is 41.2 Å². The standard InChI is InChI=1S/C27H31ClN2O5/c1-3-5-6-7-8-9-16-35-24-15-10-20(28)17-19(24)18-23-25(31)29-27(33)30(26(23)32)21-11-13-22(14-12-21)34-4-2/h10-15,17-18H,3-9,16H2,1-2H3,(H,29,31,33)/b23-18+. The predicted molar refractivity (Wildman–Crippen MR) is 137 cm³/mol. The Balaban J connectivity index is 1.79. The maximum absolute atomic E-state index is 13.2. The van der Waals surface area contributed by atoms with E-state index in [0.717, 1.165) is 17.7 Å². The topological polar surface area (TPSA) is 84.9 Å². The third kappa shape index (κ3) is 7.09. The summed E-state index contributed by atoms with van der Waals surface area (Å²) in [7, 11) is 0. The second-order valence-electron chi connectivity index (χ2n) is 8.18. The highest BCUT2D eigenvalue weighted by molar-refractivity contribution is 6.39. The van der Waals surface area contributed by atoms with Gasteiger partial charge in [0, 0.05) is 10.6 Å². The molecule has 0 aliphatic carbocycles. The minimum absolute atomic E-state index is 0.190. The number of carbonyl (C=O) groups is 3. The second-order valence-corrected chi connectivity index (χ2v) is 8.62. The molecule has 8 heteroatoms. The van der Waals surface area contributed by atoms with Gasteiger partial charge < -0.3 is 9.47 Å². The zero-order valence-corrected chi connectivity index (χ0v) is 20.9. The maximum Gasteiger partial charge on any atom is 0.335 e. The van der Waals surface area contributed by atoms with E-state index < -0.39 is 17.8 Å². The van der Waals surface area contributed by atoms with Gasteiger partial charge in [-0.3, -0.25) is 14.9 Å². The van der Waals surface area contributed by atoms with Gasteiger partial charge >= 0.3 is 6.03 Å². The van der Waals surface area contributed by atoms with Crippen molar-refractivity contribution in [2.24, 2.45) is 0 Å². The summed E-state index contributed by atoms with van der Waals surface area (Å²) in [5.74, 6) is -0.381. The number of hydrogen-bond donors (Lipinski definition) is 1. The van der Waals surface area contributed by atoms with Gasteiger partial charge in [-0.05, 0) is 61.9 Å². The van der Waals surface area contributed by atoms with Crippen LogP contribution in [0.5, 0.6) is 11.5 Å². The van der Waals surface area contributed by atoms with Crippen LogP contribution in [0.2, 0.25) is 5.02 Å². The molecule has 3 rings (SSSR count). The molecule has 1 aliphatic rings. The van der Waals surface area contributed by atoms with Gasteiger partial charge in [-0.25, -0.2) is 9.69 Å². The fourth-order valence-electron chi connectivity index (χ4n) is 3.73. The predicted octanol–water partition coefficient (Wildman–Crippen LogP) is 6.14. The third-order valence-electron chi connectivity index (χ3n) is 5.53. The number of unbranched alkanes of at least 4 members (excludes halogenated alkanes) is 5. The largest absolute Gasteiger partial charge is 0.494 e. The number of carbonyl (C=O) groups excluding carboxylic acids is 3. The maximum atomic E-state index is 13.2. The summed E-state index contributed by atoms with van der Waals surface area (Å²) in [5, 5.41) is 2.67. The second kappa shape index (κ2) is 13.0. The fraction of sp³-hybridized carbons (Fsp3) is 0.370. The molecule has 7 nitrogen and oxygen atoms in total. The lowest BCUT2D eigenvalue weighted by molar-refractivity contribution is -0.122. The van der Waals surface area contributed by atoms with Crippen molar-refractivity contribution in [3.63, 3.8) is 0 Å². The van der Waals surface area contributed by atoms with Crippen molar-refractivity contribution in [2.45, 2.75) is 52.4 Å². The smallest absolute Gasteiger partial charge is 0.335 e. The summed E-state index contributed by atoms with van der Waals surface area (Å²) in [6.45, 7) is 5.05. The van der Waals surface area contributed by atoms with Crippen molar-refractivity contribution in [1.82, 2.24) is 5.32 Å². The first-order chi connectivity index (χ1) is 16.9. The normalized spacial score (nSPS) is 14.9. The molecule has 35 heavy (non-hydrogen) atoms. The van der Waals surface area contributed by atoms with Gasteiger partial charge in [0.1, 0.15) is 17.1 Å². The molecule has 4 amide bonds. The number of ether oxygens (including phenoxy) is 2. The van der Waals surface area contributed by atoms with E-state index in [1.54, 1.807) is 42.5 Å². The van der Waals surface area contributed by atoms with Crippen LogP contribution in [0.15, 0.2) is 48.0 Å². The highest BCUT2D eigenvalue weighted by Crippen LogP contribution is 2.29. The summed E-state index contributed by atoms with van der Waals surface area (Å²) in [4.78, 5) is 39.2. The molecule has 1 heterocycles. The molecule has 186 valence electrons. The summed E-state index contributed by atoms with van der Waals surface area (Å²) in [6.07, 6.45) is 8.21. The third-order valence-corrected chi connectivity index (χ3v) is 5.77. The van der Waals surface area contributed by atoms with Gasteiger partial charge in [0.05, 0.1) is 18.9 Å². The lowest BCUT2D eigenvalue weighted by atomic mass is 10.1. The summed E-state index contributed by atoms with van der Waals surface area (Å²) in [6, 6.07) is 10.7. The number of imide groups is 2. The van der Waals surface area contributed by atoms with Gasteiger partial charge in [-0.1, -0.05) is 50.6 Å². The number of amides is 4. The first-order valence-electron chi connectivity index (χ1n) is 12.0. The number of benzene rings is 2. The molecular weight excluding hydrogens is 468 g/mol. The number of hydrogen-bond acceptors (Lipinski definition) is 5. The highest BCUT2D eigenvalue weighted by Gasteiger charge is 2.37. The molecule has 0 atom stereocenters. The van der Waals surface area contributed by atoms with E-state index in [9.17, 15) is 14.4 Å². The Kier molecular flexibility index (Phi) is 9.73. The highest BCUT2D eigenvalue weighted by atomic mass is 35.5. The minimum Gasteiger partial charge on any atom is -0.494 e. The molecule has 1 saturated heterocycles. The van der Waals surface area contributed by atoms with Gasteiger partial charge in [0.15, 0.2) is 0 Å². The van der Waals surface area contributed by atoms with Crippen LogP contribution < -0.4 is 19.7 Å². The van der Waals surface area contributed by atoms with Gasteiger partial charge in [-0.2, -0.15) is 0 Å². The molecule has 0 saturated carbocycles. The number of halogens is 1. The van der Waals surface area contributed by atoms with Crippen LogP contribution in [0.25, 0.3) is 6.08 Å². The molecule has 1 N–H and O–H groups in total. The minimum atomic E-state index is -0.813. The van der Waals surface area contributed by atoms with E-state index in [4.69, 9.17) is 21.1 Å². The molecule has 0 aromatic heterocycles. The van der Waals surface area contributed by atoms with Gasteiger partial charge in [0.2, 0.25) is 0 Å². The molecule has 0 unspecified atom stereocenters. The van der Waals surface area contributed by atoms with E-state index >= 15 is 0 Å². The first kappa shape index (κ1) is 26.3. The summed E-state index contributed by atoms with van der Waals surface area (Å²) >= 11 is 6.18. The molecule has 0 radical (unpaired) electrons. The van der Waals surface area contributed by atoms with Crippen LogP contribution in [-0.2, 0) is 9.59 Å².